The molecule has 0 amide bonds. The summed E-state index contributed by atoms with van der Waals surface area (Å²) in [5, 5.41) is 0. The molecule has 6 nitrogen and oxygen atoms in total. The van der Waals surface area contributed by atoms with Crippen LogP contribution in [0.4, 0.5) is 0 Å². The maximum atomic E-state index is 6.36. The molecule has 0 unspecified atom stereocenters. The molecular weight excluding hydrogens is 384 g/mol. The molecule has 2 aliphatic rings. The van der Waals surface area contributed by atoms with Crippen molar-refractivity contribution in [3.05, 3.63) is 84.4 Å². The zero-order valence-electron chi connectivity index (χ0n) is 17.1. The third-order valence-electron chi connectivity index (χ3n) is 5.28. The van der Waals surface area contributed by atoms with Crippen molar-refractivity contribution in [3.63, 3.8) is 0 Å². The van der Waals surface area contributed by atoms with Gasteiger partial charge in [0.1, 0.15) is 24.4 Å². The summed E-state index contributed by atoms with van der Waals surface area (Å²) in [7, 11) is 1.60. The molecule has 0 spiro atoms. The molecule has 2 aromatic rings. The van der Waals surface area contributed by atoms with Gasteiger partial charge in [0.05, 0.1) is 19.8 Å². The molecule has 0 radical (unpaired) electrons. The van der Waals surface area contributed by atoms with E-state index in [1.807, 2.05) is 60.7 Å². The lowest BCUT2D eigenvalue weighted by Crippen LogP contribution is -2.63. The Balaban J connectivity index is 1.56. The van der Waals surface area contributed by atoms with Gasteiger partial charge in [0.15, 0.2) is 12.6 Å². The molecule has 0 aliphatic carbocycles. The van der Waals surface area contributed by atoms with E-state index in [0.717, 1.165) is 11.1 Å². The van der Waals surface area contributed by atoms with Crippen LogP contribution >= 0.6 is 0 Å². The predicted octanol–water partition coefficient (Wildman–Crippen LogP) is 3.63. The molecule has 6 heteroatoms. The second-order valence-corrected chi connectivity index (χ2v) is 7.30. The van der Waals surface area contributed by atoms with Gasteiger partial charge in [-0.05, 0) is 5.56 Å². The van der Waals surface area contributed by atoms with Crippen LogP contribution in [0.2, 0.25) is 0 Å². The fourth-order valence-corrected chi connectivity index (χ4v) is 3.83. The number of fused-ring (bicyclic) bond motifs is 1. The average Bonchev–Trinajstić information content (AvgIpc) is 2.82. The molecule has 0 N–H and O–H groups in total. The van der Waals surface area contributed by atoms with Crippen molar-refractivity contribution in [1.82, 2.24) is 0 Å². The van der Waals surface area contributed by atoms with Crippen molar-refractivity contribution >= 4 is 0 Å². The number of hydrogen-bond acceptors (Lipinski definition) is 6. The second kappa shape index (κ2) is 10.3. The summed E-state index contributed by atoms with van der Waals surface area (Å²) in [5.41, 5.74) is 2.03. The summed E-state index contributed by atoms with van der Waals surface area (Å²) in [4.78, 5) is 0. The zero-order chi connectivity index (χ0) is 20.8. The normalized spacial score (nSPS) is 31.1. The lowest BCUT2D eigenvalue weighted by Gasteiger charge is -2.48. The van der Waals surface area contributed by atoms with Gasteiger partial charge in [-0.2, -0.15) is 0 Å². The molecule has 2 aromatic carbocycles. The Labute approximate surface area is 177 Å². The van der Waals surface area contributed by atoms with Gasteiger partial charge in [0.2, 0.25) is 0 Å². The van der Waals surface area contributed by atoms with Crippen molar-refractivity contribution in [2.75, 3.05) is 20.3 Å². The minimum atomic E-state index is -0.590. The molecule has 4 rings (SSSR count). The van der Waals surface area contributed by atoms with Gasteiger partial charge in [0.25, 0.3) is 0 Å². The van der Waals surface area contributed by atoms with Crippen LogP contribution in [0.1, 0.15) is 17.4 Å². The van der Waals surface area contributed by atoms with E-state index in [9.17, 15) is 0 Å². The molecule has 2 fully saturated rings. The largest absolute Gasteiger partial charge is 0.368 e. The smallest absolute Gasteiger partial charge is 0.186 e. The molecule has 2 saturated heterocycles. The Morgan fingerprint density at radius 3 is 2.40 bits per heavy atom. The highest BCUT2D eigenvalue weighted by Crippen LogP contribution is 2.36. The van der Waals surface area contributed by atoms with Crippen LogP contribution in [0.15, 0.2) is 73.3 Å². The van der Waals surface area contributed by atoms with Gasteiger partial charge in [-0.25, -0.2) is 0 Å². The van der Waals surface area contributed by atoms with Crippen LogP contribution in [0.5, 0.6) is 0 Å². The number of methoxy groups -OCH3 is 1. The van der Waals surface area contributed by atoms with Gasteiger partial charge < -0.3 is 28.4 Å². The van der Waals surface area contributed by atoms with E-state index in [-0.39, 0.29) is 12.2 Å². The fraction of sp³-hybridized carbons (Fsp3) is 0.417. The highest BCUT2D eigenvalue weighted by molar-refractivity contribution is 5.17. The summed E-state index contributed by atoms with van der Waals surface area (Å²) in [6.07, 6.45) is -0.930. The Bertz CT molecular complexity index is 783. The molecule has 2 heterocycles. The van der Waals surface area contributed by atoms with Crippen molar-refractivity contribution < 1.29 is 28.4 Å². The van der Waals surface area contributed by atoms with E-state index >= 15 is 0 Å². The Morgan fingerprint density at radius 2 is 1.70 bits per heavy atom. The van der Waals surface area contributed by atoms with Crippen molar-refractivity contribution in [2.24, 2.45) is 0 Å². The third-order valence-corrected chi connectivity index (χ3v) is 5.28. The molecule has 2 aliphatic heterocycles. The molecule has 30 heavy (non-hydrogen) atoms. The number of hydrogen-bond donors (Lipinski definition) is 0. The summed E-state index contributed by atoms with van der Waals surface area (Å²) >= 11 is 0. The van der Waals surface area contributed by atoms with Crippen LogP contribution in [0, 0.1) is 0 Å². The van der Waals surface area contributed by atoms with Gasteiger partial charge in [-0.15, -0.1) is 6.58 Å². The molecule has 0 saturated carbocycles. The minimum Gasteiger partial charge on any atom is -0.368 e. The van der Waals surface area contributed by atoms with E-state index in [0.29, 0.717) is 19.8 Å². The maximum absolute atomic E-state index is 6.36. The first-order valence-corrected chi connectivity index (χ1v) is 10.2. The second-order valence-electron chi connectivity index (χ2n) is 7.30. The Kier molecular flexibility index (Phi) is 7.28. The van der Waals surface area contributed by atoms with E-state index in [1.165, 1.54) is 0 Å². The highest BCUT2D eigenvalue weighted by Gasteiger charge is 2.51. The van der Waals surface area contributed by atoms with E-state index in [2.05, 4.69) is 6.58 Å². The van der Waals surface area contributed by atoms with Crippen LogP contribution in [0.25, 0.3) is 0 Å². The predicted molar refractivity (Wildman–Crippen MR) is 111 cm³/mol. The number of ether oxygens (including phenoxy) is 6. The Hall–Kier alpha value is -2.06. The van der Waals surface area contributed by atoms with E-state index in [1.54, 1.807) is 13.2 Å². The SMILES string of the molecule is C=CCO[C@H]1[C@@H](OC)O[C@@H]2CO[C@@H](c3ccccc3)O[C@H]2[C@@H]1OCc1ccccc1. The van der Waals surface area contributed by atoms with Gasteiger partial charge in [0, 0.05) is 12.7 Å². The first-order chi connectivity index (χ1) is 14.8. The van der Waals surface area contributed by atoms with Gasteiger partial charge >= 0.3 is 0 Å². The highest BCUT2D eigenvalue weighted by atomic mass is 16.8. The minimum absolute atomic E-state index is 0.320. The Morgan fingerprint density at radius 1 is 0.967 bits per heavy atom. The van der Waals surface area contributed by atoms with Crippen LogP contribution in [-0.4, -0.2) is 51.0 Å². The summed E-state index contributed by atoms with van der Waals surface area (Å²) in [6, 6.07) is 19.9. The van der Waals surface area contributed by atoms with Gasteiger partial charge in [-0.3, -0.25) is 0 Å². The fourth-order valence-electron chi connectivity index (χ4n) is 3.83. The van der Waals surface area contributed by atoms with E-state index < -0.39 is 24.8 Å². The summed E-state index contributed by atoms with van der Waals surface area (Å²) in [5.74, 6) is 0. The van der Waals surface area contributed by atoms with Crippen molar-refractivity contribution in [2.45, 2.75) is 43.6 Å². The lowest BCUT2D eigenvalue weighted by molar-refractivity contribution is -0.367. The summed E-state index contributed by atoms with van der Waals surface area (Å²) < 4.78 is 36.3. The standard InChI is InChI=1S/C24H28O6/c1-3-14-26-22-21(27-15-17-10-6-4-7-11-17)20-19(29-24(22)25-2)16-28-23(30-20)18-12-8-5-9-13-18/h3-13,19-24H,1,14-16H2,2H3/t19-,20-,21+,22-,23-,24+/m1/s1. The van der Waals surface area contributed by atoms with E-state index in [4.69, 9.17) is 28.4 Å². The van der Waals surface area contributed by atoms with Crippen LogP contribution in [0.3, 0.4) is 0 Å². The molecule has 6 atom stereocenters. The maximum Gasteiger partial charge on any atom is 0.186 e. The average molecular weight is 412 g/mol. The van der Waals surface area contributed by atoms with Crippen molar-refractivity contribution in [3.8, 4) is 0 Å². The quantitative estimate of drug-likeness (QED) is 0.617. The van der Waals surface area contributed by atoms with Crippen LogP contribution in [-0.2, 0) is 35.0 Å². The first kappa shape index (κ1) is 21.2. The van der Waals surface area contributed by atoms with Crippen LogP contribution < -0.4 is 0 Å². The number of rotatable bonds is 8. The summed E-state index contributed by atoms with van der Waals surface area (Å²) in [6.45, 7) is 4.91. The first-order valence-electron chi connectivity index (χ1n) is 10.2. The third kappa shape index (κ3) is 4.81. The van der Waals surface area contributed by atoms with Gasteiger partial charge in [-0.1, -0.05) is 66.7 Å². The van der Waals surface area contributed by atoms with Crippen molar-refractivity contribution in [1.29, 1.82) is 0 Å². The molecule has 160 valence electrons. The topological polar surface area (TPSA) is 55.4 Å². The monoisotopic (exact) mass is 412 g/mol. The molecule has 0 bridgehead atoms. The molecule has 0 aromatic heterocycles. The molecular formula is C24H28O6. The zero-order valence-corrected chi connectivity index (χ0v) is 17.1. The lowest BCUT2D eigenvalue weighted by atomic mass is 9.97. The number of benzene rings is 2.